The van der Waals surface area contributed by atoms with Gasteiger partial charge in [-0.1, -0.05) is 127 Å². The van der Waals surface area contributed by atoms with Gasteiger partial charge in [0.2, 0.25) is 0 Å². The summed E-state index contributed by atoms with van der Waals surface area (Å²) in [6.45, 7) is 0. The van der Waals surface area contributed by atoms with Crippen molar-refractivity contribution < 1.29 is 0 Å². The molecule has 0 saturated carbocycles. The molecule has 3 aromatic heterocycles. The number of nitrogens with zero attached hydrogens (tertiary/aromatic N) is 3. The van der Waals surface area contributed by atoms with Crippen molar-refractivity contribution in [3.05, 3.63) is 212 Å². The molecule has 0 aliphatic heterocycles. The van der Waals surface area contributed by atoms with Crippen molar-refractivity contribution in [2.24, 2.45) is 0 Å². The third kappa shape index (κ3) is 4.86. The number of fused-ring (bicyclic) bond motifs is 9. The Morgan fingerprint density at radius 3 is 1.16 bits per heavy atom. The lowest BCUT2D eigenvalue weighted by Crippen LogP contribution is -1.95. The summed E-state index contributed by atoms with van der Waals surface area (Å²) in [5.41, 5.74) is 15.5. The fraction of sp³-hybridized carbons (Fsp3) is 0. The molecule has 266 valence electrons. The minimum atomic E-state index is 1.15. The molecule has 3 heterocycles. The molecule has 0 atom stereocenters. The molecule has 0 N–H and O–H groups in total. The molecule has 57 heavy (non-hydrogen) atoms. The van der Waals surface area contributed by atoms with Crippen LogP contribution in [0.4, 0.5) is 0 Å². The van der Waals surface area contributed by atoms with Crippen LogP contribution in [0.1, 0.15) is 0 Å². The van der Waals surface area contributed by atoms with E-state index in [-0.39, 0.29) is 0 Å². The zero-order valence-corrected chi connectivity index (χ0v) is 31.0. The zero-order chi connectivity index (χ0) is 37.5. The van der Waals surface area contributed by atoms with E-state index in [0.717, 1.165) is 17.1 Å². The Morgan fingerprint density at radius 1 is 0.193 bits per heavy atom. The Hall–Kier alpha value is -7.62. The van der Waals surface area contributed by atoms with Crippen LogP contribution in [0.2, 0.25) is 0 Å². The Labute approximate surface area is 329 Å². The highest BCUT2D eigenvalue weighted by Crippen LogP contribution is 2.42. The van der Waals surface area contributed by atoms with Gasteiger partial charge in [0.05, 0.1) is 33.1 Å². The molecule has 0 fully saturated rings. The number of hydrogen-bond donors (Lipinski definition) is 0. The molecule has 0 bridgehead atoms. The fourth-order valence-electron chi connectivity index (χ4n) is 9.26. The summed E-state index contributed by atoms with van der Waals surface area (Å²) in [4.78, 5) is 0. The molecule has 3 nitrogen and oxygen atoms in total. The largest absolute Gasteiger partial charge is 0.309 e. The van der Waals surface area contributed by atoms with E-state index in [9.17, 15) is 0 Å². The molecule has 0 spiro atoms. The standard InChI is InChI=1S/C54H35N3/c1-4-15-36(16-5-1)37-17-14-22-42(31-37)57-50-26-13-10-23-43(50)45-32-38(27-29-51(45)57)39-28-30-52-46(33-39)48-34-47-44-24-11-12-25-49(44)55(40-18-6-2-7-19-40)53(47)35-54(48)56(52)41-20-8-3-9-21-41/h1-35H. The quantitative estimate of drug-likeness (QED) is 0.168. The van der Waals surface area contributed by atoms with Gasteiger partial charge < -0.3 is 13.7 Å². The predicted molar refractivity (Wildman–Crippen MR) is 240 cm³/mol. The second-order valence-corrected chi connectivity index (χ2v) is 15.0. The first-order chi connectivity index (χ1) is 28.3. The second kappa shape index (κ2) is 12.5. The maximum Gasteiger partial charge on any atom is 0.0562 e. The van der Waals surface area contributed by atoms with Crippen LogP contribution in [-0.4, -0.2) is 13.7 Å². The van der Waals surface area contributed by atoms with Crippen LogP contribution in [0, 0.1) is 0 Å². The Bertz CT molecular complexity index is 3500. The number of rotatable bonds is 5. The molecule has 9 aromatic carbocycles. The van der Waals surface area contributed by atoms with Gasteiger partial charge in [0.25, 0.3) is 0 Å². The molecule has 0 radical (unpaired) electrons. The van der Waals surface area contributed by atoms with Crippen LogP contribution in [0.15, 0.2) is 212 Å². The van der Waals surface area contributed by atoms with E-state index in [0.29, 0.717) is 0 Å². The van der Waals surface area contributed by atoms with Crippen molar-refractivity contribution in [1.29, 1.82) is 0 Å². The average Bonchev–Trinajstić information content (AvgIpc) is 3.91. The molecule has 3 heteroatoms. The Balaban J connectivity index is 1.08. The minimum absolute atomic E-state index is 1.15. The van der Waals surface area contributed by atoms with Crippen molar-refractivity contribution in [3.63, 3.8) is 0 Å². The normalized spacial score (nSPS) is 11.9. The number of benzene rings is 9. The lowest BCUT2D eigenvalue weighted by atomic mass is 10.00. The molecule has 12 aromatic rings. The van der Waals surface area contributed by atoms with E-state index in [1.807, 2.05) is 0 Å². The molecule has 12 rings (SSSR count). The van der Waals surface area contributed by atoms with E-state index in [1.165, 1.54) is 87.7 Å². The monoisotopic (exact) mass is 725 g/mol. The number of hydrogen-bond acceptors (Lipinski definition) is 0. The van der Waals surface area contributed by atoms with Crippen LogP contribution in [0.3, 0.4) is 0 Å². The van der Waals surface area contributed by atoms with Gasteiger partial charge >= 0.3 is 0 Å². The highest BCUT2D eigenvalue weighted by molar-refractivity contribution is 6.20. The van der Waals surface area contributed by atoms with Crippen molar-refractivity contribution in [1.82, 2.24) is 13.7 Å². The third-order valence-corrected chi connectivity index (χ3v) is 11.8. The highest BCUT2D eigenvalue weighted by atomic mass is 15.0. The summed E-state index contributed by atoms with van der Waals surface area (Å²) in [5.74, 6) is 0. The van der Waals surface area contributed by atoms with Gasteiger partial charge in [-0.05, 0) is 107 Å². The third-order valence-electron chi connectivity index (χ3n) is 11.8. The summed E-state index contributed by atoms with van der Waals surface area (Å²) in [5, 5.41) is 7.49. The summed E-state index contributed by atoms with van der Waals surface area (Å²) in [6.07, 6.45) is 0. The smallest absolute Gasteiger partial charge is 0.0562 e. The topological polar surface area (TPSA) is 14.8 Å². The first-order valence-corrected chi connectivity index (χ1v) is 19.6. The summed E-state index contributed by atoms with van der Waals surface area (Å²) < 4.78 is 7.25. The first kappa shape index (κ1) is 31.7. The highest BCUT2D eigenvalue weighted by Gasteiger charge is 2.20. The van der Waals surface area contributed by atoms with E-state index in [1.54, 1.807) is 0 Å². The minimum Gasteiger partial charge on any atom is -0.309 e. The lowest BCUT2D eigenvalue weighted by Gasteiger charge is -2.11. The molecule has 0 amide bonds. The van der Waals surface area contributed by atoms with Crippen LogP contribution < -0.4 is 0 Å². The molecular weight excluding hydrogens is 691 g/mol. The average molecular weight is 726 g/mol. The van der Waals surface area contributed by atoms with Gasteiger partial charge in [0.1, 0.15) is 0 Å². The molecule has 0 aliphatic rings. The van der Waals surface area contributed by atoms with Crippen LogP contribution in [0.25, 0.3) is 105 Å². The summed E-state index contributed by atoms with van der Waals surface area (Å²) in [6, 6.07) is 77.4. The predicted octanol–water partition coefficient (Wildman–Crippen LogP) is 14.3. The van der Waals surface area contributed by atoms with Gasteiger partial charge in [0, 0.05) is 49.4 Å². The van der Waals surface area contributed by atoms with Crippen LogP contribution in [0.5, 0.6) is 0 Å². The molecule has 0 unspecified atom stereocenters. The number of aromatic nitrogens is 3. The summed E-state index contributed by atoms with van der Waals surface area (Å²) in [7, 11) is 0. The van der Waals surface area contributed by atoms with E-state index in [4.69, 9.17) is 0 Å². The first-order valence-electron chi connectivity index (χ1n) is 19.6. The van der Waals surface area contributed by atoms with Crippen LogP contribution >= 0.6 is 0 Å². The summed E-state index contributed by atoms with van der Waals surface area (Å²) >= 11 is 0. The molecule has 0 aliphatic carbocycles. The van der Waals surface area contributed by atoms with E-state index >= 15 is 0 Å². The van der Waals surface area contributed by atoms with Crippen molar-refractivity contribution >= 4 is 65.4 Å². The Kier molecular flexibility index (Phi) is 6.93. The number of para-hydroxylation sites is 4. The zero-order valence-electron chi connectivity index (χ0n) is 31.0. The van der Waals surface area contributed by atoms with Crippen molar-refractivity contribution in [2.45, 2.75) is 0 Å². The van der Waals surface area contributed by atoms with Gasteiger partial charge in [-0.25, -0.2) is 0 Å². The van der Waals surface area contributed by atoms with Gasteiger partial charge in [0.15, 0.2) is 0 Å². The Morgan fingerprint density at radius 2 is 0.579 bits per heavy atom. The van der Waals surface area contributed by atoms with Crippen molar-refractivity contribution in [2.75, 3.05) is 0 Å². The SMILES string of the molecule is c1ccc(-c2cccc(-n3c4ccccc4c4cc(-c5ccc6c(c5)c5cc7c8ccccc8n(-c8ccccc8)c7cc5n6-c5ccccc5)ccc43)c2)cc1. The maximum absolute atomic E-state index is 2.43. The van der Waals surface area contributed by atoms with Crippen LogP contribution in [-0.2, 0) is 0 Å². The van der Waals surface area contributed by atoms with Gasteiger partial charge in [-0.2, -0.15) is 0 Å². The van der Waals surface area contributed by atoms with Gasteiger partial charge in [-0.3, -0.25) is 0 Å². The van der Waals surface area contributed by atoms with Crippen molar-refractivity contribution in [3.8, 4) is 39.3 Å². The maximum atomic E-state index is 2.43. The lowest BCUT2D eigenvalue weighted by molar-refractivity contribution is 1.16. The molecule has 0 saturated heterocycles. The van der Waals surface area contributed by atoms with E-state index < -0.39 is 0 Å². The van der Waals surface area contributed by atoms with E-state index in [2.05, 4.69) is 226 Å². The second-order valence-electron chi connectivity index (χ2n) is 15.0. The van der Waals surface area contributed by atoms with Gasteiger partial charge in [-0.15, -0.1) is 0 Å². The molecular formula is C54H35N3. The fourth-order valence-corrected chi connectivity index (χ4v) is 9.26.